The summed E-state index contributed by atoms with van der Waals surface area (Å²) in [4.78, 5) is 13.9. The smallest absolute Gasteiger partial charge is 0.248 e. The summed E-state index contributed by atoms with van der Waals surface area (Å²) in [5.41, 5.74) is 1.65. The molecule has 0 unspecified atom stereocenters. The Labute approximate surface area is 121 Å². The Morgan fingerprint density at radius 3 is 2.50 bits per heavy atom. The molecule has 0 aliphatic carbocycles. The van der Waals surface area contributed by atoms with Crippen LogP contribution >= 0.6 is 0 Å². The maximum atomic E-state index is 12.1. The lowest BCUT2D eigenvalue weighted by Gasteiger charge is -2.22. The molecule has 0 aliphatic rings. The van der Waals surface area contributed by atoms with E-state index >= 15 is 0 Å². The molecular formula is C16H22N2O2. The Balaban J connectivity index is 2.65. The fourth-order valence-corrected chi connectivity index (χ4v) is 1.80. The first-order valence-corrected chi connectivity index (χ1v) is 6.95. The Morgan fingerprint density at radius 2 is 2.00 bits per heavy atom. The molecule has 4 nitrogen and oxygen atoms in total. The molecule has 1 aromatic carbocycles. The first-order valence-electron chi connectivity index (χ1n) is 6.95. The number of benzene rings is 1. The van der Waals surface area contributed by atoms with Gasteiger partial charge in [-0.1, -0.05) is 19.1 Å². The zero-order valence-corrected chi connectivity index (χ0v) is 12.4. The van der Waals surface area contributed by atoms with Crippen LogP contribution in [0.3, 0.4) is 0 Å². The molecular weight excluding hydrogens is 252 g/mol. The SMILES string of the molecule is CCCN(Cc1ccc(C#N)cc1)C(=O)COC(C)C. The van der Waals surface area contributed by atoms with E-state index in [0.29, 0.717) is 18.7 Å². The molecule has 0 heterocycles. The number of carbonyl (C=O) groups excluding carboxylic acids is 1. The van der Waals surface area contributed by atoms with Crippen molar-refractivity contribution < 1.29 is 9.53 Å². The van der Waals surface area contributed by atoms with Gasteiger partial charge < -0.3 is 9.64 Å². The van der Waals surface area contributed by atoms with Crippen LogP contribution in [0.1, 0.15) is 38.3 Å². The number of hydrogen-bond donors (Lipinski definition) is 0. The topological polar surface area (TPSA) is 53.3 Å². The van der Waals surface area contributed by atoms with Crippen LogP contribution in [0, 0.1) is 11.3 Å². The lowest BCUT2D eigenvalue weighted by Crippen LogP contribution is -2.34. The maximum absolute atomic E-state index is 12.1. The third-order valence-electron chi connectivity index (χ3n) is 2.84. The van der Waals surface area contributed by atoms with Crippen molar-refractivity contribution in [2.75, 3.05) is 13.2 Å². The standard InChI is InChI=1S/C16H22N2O2/c1-4-9-18(16(19)12-20-13(2)3)11-15-7-5-14(10-17)6-8-15/h5-8,13H,4,9,11-12H2,1-3H3. The molecule has 108 valence electrons. The predicted octanol–water partition coefficient (Wildman–Crippen LogP) is 2.72. The van der Waals surface area contributed by atoms with E-state index in [4.69, 9.17) is 10.00 Å². The number of nitrogens with zero attached hydrogens (tertiary/aromatic N) is 2. The number of carbonyl (C=O) groups is 1. The first-order chi connectivity index (χ1) is 9.56. The number of amides is 1. The van der Waals surface area contributed by atoms with Gasteiger partial charge in [0.05, 0.1) is 17.7 Å². The summed E-state index contributed by atoms with van der Waals surface area (Å²) in [7, 11) is 0. The minimum absolute atomic E-state index is 0.00455. The van der Waals surface area contributed by atoms with E-state index in [1.54, 1.807) is 17.0 Å². The molecule has 0 radical (unpaired) electrons. The van der Waals surface area contributed by atoms with Crippen LogP contribution in [0.4, 0.5) is 0 Å². The Hall–Kier alpha value is -1.86. The van der Waals surface area contributed by atoms with Crippen molar-refractivity contribution in [1.29, 1.82) is 5.26 Å². The van der Waals surface area contributed by atoms with Gasteiger partial charge in [-0.25, -0.2) is 0 Å². The highest BCUT2D eigenvalue weighted by Gasteiger charge is 2.14. The summed E-state index contributed by atoms with van der Waals surface area (Å²) < 4.78 is 5.37. The second-order valence-corrected chi connectivity index (χ2v) is 4.98. The summed E-state index contributed by atoms with van der Waals surface area (Å²) in [6.45, 7) is 7.26. The molecule has 0 N–H and O–H groups in total. The van der Waals surface area contributed by atoms with Crippen LogP contribution in [0.15, 0.2) is 24.3 Å². The van der Waals surface area contributed by atoms with Crippen molar-refractivity contribution in [2.45, 2.75) is 39.8 Å². The second-order valence-electron chi connectivity index (χ2n) is 4.98. The number of hydrogen-bond acceptors (Lipinski definition) is 3. The van der Waals surface area contributed by atoms with Gasteiger partial charge in [0.2, 0.25) is 5.91 Å². The molecule has 0 aliphatic heterocycles. The van der Waals surface area contributed by atoms with Crippen molar-refractivity contribution in [3.8, 4) is 6.07 Å². The third-order valence-corrected chi connectivity index (χ3v) is 2.84. The molecule has 0 aromatic heterocycles. The van der Waals surface area contributed by atoms with Gasteiger partial charge in [0.15, 0.2) is 0 Å². The van der Waals surface area contributed by atoms with Crippen LogP contribution in [0.25, 0.3) is 0 Å². The third kappa shape index (κ3) is 5.41. The van der Waals surface area contributed by atoms with Gasteiger partial charge in [-0.3, -0.25) is 4.79 Å². The molecule has 0 atom stereocenters. The summed E-state index contributed by atoms with van der Waals surface area (Å²) >= 11 is 0. The Kier molecular flexibility index (Phi) is 6.75. The van der Waals surface area contributed by atoms with Crippen LogP contribution in [-0.4, -0.2) is 30.1 Å². The van der Waals surface area contributed by atoms with Gasteiger partial charge in [-0.2, -0.15) is 5.26 Å². The highest BCUT2D eigenvalue weighted by molar-refractivity contribution is 5.77. The minimum Gasteiger partial charge on any atom is -0.369 e. The van der Waals surface area contributed by atoms with Crippen molar-refractivity contribution in [2.24, 2.45) is 0 Å². The van der Waals surface area contributed by atoms with E-state index in [1.165, 1.54) is 0 Å². The molecule has 1 rings (SSSR count). The lowest BCUT2D eigenvalue weighted by molar-refractivity contribution is -0.138. The fourth-order valence-electron chi connectivity index (χ4n) is 1.80. The van der Waals surface area contributed by atoms with Crippen molar-refractivity contribution >= 4 is 5.91 Å². The van der Waals surface area contributed by atoms with Crippen LogP contribution < -0.4 is 0 Å². The molecule has 0 saturated carbocycles. The largest absolute Gasteiger partial charge is 0.369 e. The molecule has 4 heteroatoms. The van der Waals surface area contributed by atoms with Crippen molar-refractivity contribution in [3.63, 3.8) is 0 Å². The Morgan fingerprint density at radius 1 is 1.35 bits per heavy atom. The number of ether oxygens (including phenoxy) is 1. The van der Waals surface area contributed by atoms with Crippen LogP contribution in [0.5, 0.6) is 0 Å². The normalized spacial score (nSPS) is 10.3. The van der Waals surface area contributed by atoms with Gasteiger partial charge in [0.25, 0.3) is 0 Å². The zero-order chi connectivity index (χ0) is 15.0. The quantitative estimate of drug-likeness (QED) is 0.768. The van der Waals surface area contributed by atoms with Gasteiger partial charge in [-0.05, 0) is 38.0 Å². The lowest BCUT2D eigenvalue weighted by atomic mass is 10.1. The molecule has 20 heavy (non-hydrogen) atoms. The van der Waals surface area contributed by atoms with E-state index in [2.05, 4.69) is 6.07 Å². The van der Waals surface area contributed by atoms with E-state index in [1.807, 2.05) is 32.9 Å². The highest BCUT2D eigenvalue weighted by Crippen LogP contribution is 2.08. The monoisotopic (exact) mass is 274 g/mol. The highest BCUT2D eigenvalue weighted by atomic mass is 16.5. The van der Waals surface area contributed by atoms with Crippen LogP contribution in [0.2, 0.25) is 0 Å². The maximum Gasteiger partial charge on any atom is 0.248 e. The van der Waals surface area contributed by atoms with E-state index < -0.39 is 0 Å². The summed E-state index contributed by atoms with van der Waals surface area (Å²) in [6, 6.07) is 9.41. The molecule has 0 saturated heterocycles. The predicted molar refractivity (Wildman–Crippen MR) is 78.0 cm³/mol. The van der Waals surface area contributed by atoms with E-state index in [-0.39, 0.29) is 18.6 Å². The van der Waals surface area contributed by atoms with Crippen LogP contribution in [-0.2, 0) is 16.1 Å². The molecule has 0 bridgehead atoms. The van der Waals surface area contributed by atoms with Crippen molar-refractivity contribution in [3.05, 3.63) is 35.4 Å². The Bertz CT molecular complexity index is 460. The average Bonchev–Trinajstić information content (AvgIpc) is 2.45. The first kappa shape index (κ1) is 16.2. The van der Waals surface area contributed by atoms with E-state index in [0.717, 1.165) is 12.0 Å². The summed E-state index contributed by atoms with van der Waals surface area (Å²) in [5.74, 6) is 0.00455. The molecule has 0 spiro atoms. The van der Waals surface area contributed by atoms with Gasteiger partial charge >= 0.3 is 0 Å². The van der Waals surface area contributed by atoms with Gasteiger partial charge in [-0.15, -0.1) is 0 Å². The molecule has 1 amide bonds. The molecule has 1 aromatic rings. The zero-order valence-electron chi connectivity index (χ0n) is 12.4. The minimum atomic E-state index is 0.00455. The number of nitriles is 1. The second kappa shape index (κ2) is 8.34. The van der Waals surface area contributed by atoms with E-state index in [9.17, 15) is 4.79 Å². The number of rotatable bonds is 7. The average molecular weight is 274 g/mol. The summed E-state index contributed by atoms with van der Waals surface area (Å²) in [5, 5.41) is 8.77. The van der Waals surface area contributed by atoms with Crippen molar-refractivity contribution in [1.82, 2.24) is 4.90 Å². The van der Waals surface area contributed by atoms with Gasteiger partial charge in [0, 0.05) is 13.1 Å². The molecule has 0 fully saturated rings. The van der Waals surface area contributed by atoms with Gasteiger partial charge in [0.1, 0.15) is 6.61 Å². The summed E-state index contributed by atoms with van der Waals surface area (Å²) in [6.07, 6.45) is 0.960. The fraction of sp³-hybridized carbons (Fsp3) is 0.500.